The predicted octanol–water partition coefficient (Wildman–Crippen LogP) is 7.89. The molecule has 2 N–H and O–H groups in total. The van der Waals surface area contributed by atoms with Gasteiger partial charge in [0.25, 0.3) is 5.91 Å². The molecule has 40 heavy (non-hydrogen) atoms. The van der Waals surface area contributed by atoms with Crippen LogP contribution in [0.15, 0.2) is 60.7 Å². The SMILES string of the molecule is CCC.Cc1c(C)n(Cc2ccc(Cl)c(OCC(=O)O)c2)c2ccc(C(=O)NCc3cccc(C(C)C)c3)cc12. The summed E-state index contributed by atoms with van der Waals surface area (Å²) >= 11 is 6.18. The molecule has 212 valence electrons. The van der Waals surface area contributed by atoms with Crippen molar-refractivity contribution in [1.82, 2.24) is 9.88 Å². The molecule has 0 aliphatic carbocycles. The molecule has 0 aliphatic rings. The number of hydrogen-bond donors (Lipinski definition) is 2. The largest absolute Gasteiger partial charge is 0.480 e. The summed E-state index contributed by atoms with van der Waals surface area (Å²) in [5, 5.41) is 13.3. The fourth-order valence-electron chi connectivity index (χ4n) is 4.42. The van der Waals surface area contributed by atoms with E-state index in [-0.39, 0.29) is 5.91 Å². The molecular formula is C33H39ClN2O4. The minimum atomic E-state index is -1.06. The lowest BCUT2D eigenvalue weighted by molar-refractivity contribution is -0.139. The number of hydrogen-bond acceptors (Lipinski definition) is 3. The quantitative estimate of drug-likeness (QED) is 0.217. The van der Waals surface area contributed by atoms with Gasteiger partial charge < -0.3 is 19.7 Å². The van der Waals surface area contributed by atoms with Gasteiger partial charge in [-0.05, 0) is 72.4 Å². The molecule has 0 radical (unpaired) electrons. The lowest BCUT2D eigenvalue weighted by Gasteiger charge is -2.12. The number of benzene rings is 3. The third kappa shape index (κ3) is 7.66. The van der Waals surface area contributed by atoms with Crippen LogP contribution in [0, 0.1) is 13.8 Å². The van der Waals surface area contributed by atoms with Crippen LogP contribution < -0.4 is 10.1 Å². The number of halogens is 1. The van der Waals surface area contributed by atoms with Crippen LogP contribution in [0.25, 0.3) is 10.9 Å². The summed E-state index contributed by atoms with van der Waals surface area (Å²) in [4.78, 5) is 23.8. The van der Waals surface area contributed by atoms with Crippen molar-refractivity contribution in [2.45, 2.75) is 67.0 Å². The van der Waals surface area contributed by atoms with Crippen LogP contribution in [0.2, 0.25) is 5.02 Å². The van der Waals surface area contributed by atoms with Crippen LogP contribution in [0.3, 0.4) is 0 Å². The molecule has 1 amide bonds. The van der Waals surface area contributed by atoms with E-state index in [0.29, 0.717) is 35.3 Å². The Hall–Kier alpha value is -3.77. The van der Waals surface area contributed by atoms with Crippen molar-refractivity contribution in [2.75, 3.05) is 6.61 Å². The minimum absolute atomic E-state index is 0.112. The Bertz CT molecular complexity index is 1490. The van der Waals surface area contributed by atoms with E-state index in [9.17, 15) is 9.59 Å². The number of carboxylic acid groups (broad SMARTS) is 1. The summed E-state index contributed by atoms with van der Waals surface area (Å²) in [5.74, 6) is -0.400. The van der Waals surface area contributed by atoms with Gasteiger partial charge >= 0.3 is 5.97 Å². The number of aryl methyl sites for hydroxylation is 1. The number of rotatable bonds is 9. The molecule has 1 heterocycles. The number of amides is 1. The molecule has 0 saturated heterocycles. The molecule has 0 saturated carbocycles. The molecule has 0 bridgehead atoms. The first-order valence-electron chi connectivity index (χ1n) is 13.6. The van der Waals surface area contributed by atoms with Gasteiger partial charge in [-0.1, -0.05) is 76.0 Å². The average Bonchev–Trinajstić information content (AvgIpc) is 3.16. The molecule has 0 spiro atoms. The highest BCUT2D eigenvalue weighted by atomic mass is 35.5. The van der Waals surface area contributed by atoms with Gasteiger partial charge in [0.05, 0.1) is 5.02 Å². The van der Waals surface area contributed by atoms with E-state index < -0.39 is 12.6 Å². The number of fused-ring (bicyclic) bond motifs is 1. The summed E-state index contributed by atoms with van der Waals surface area (Å²) in [5.41, 5.74) is 7.07. The van der Waals surface area contributed by atoms with Crippen LogP contribution >= 0.6 is 11.6 Å². The van der Waals surface area contributed by atoms with Crippen molar-refractivity contribution < 1.29 is 19.4 Å². The fraction of sp³-hybridized carbons (Fsp3) is 0.333. The Morgan fingerprint density at radius 1 is 1.00 bits per heavy atom. The summed E-state index contributed by atoms with van der Waals surface area (Å²) < 4.78 is 7.50. The van der Waals surface area contributed by atoms with Crippen LogP contribution in [0.5, 0.6) is 5.75 Å². The van der Waals surface area contributed by atoms with Crippen molar-refractivity contribution in [3.8, 4) is 5.75 Å². The monoisotopic (exact) mass is 562 g/mol. The number of nitrogens with zero attached hydrogens (tertiary/aromatic N) is 1. The lowest BCUT2D eigenvalue weighted by atomic mass is 10.0. The van der Waals surface area contributed by atoms with E-state index in [1.165, 1.54) is 12.0 Å². The van der Waals surface area contributed by atoms with Crippen LogP contribution in [0.1, 0.15) is 78.3 Å². The van der Waals surface area contributed by atoms with Gasteiger partial charge in [-0.15, -0.1) is 0 Å². The van der Waals surface area contributed by atoms with E-state index in [0.717, 1.165) is 33.3 Å². The Kier molecular flexibility index (Phi) is 10.8. The van der Waals surface area contributed by atoms with Gasteiger partial charge in [0.2, 0.25) is 0 Å². The summed E-state index contributed by atoms with van der Waals surface area (Å²) in [6, 6.07) is 19.4. The van der Waals surface area contributed by atoms with Crippen LogP contribution in [0.4, 0.5) is 0 Å². The molecule has 4 aromatic rings. The average molecular weight is 563 g/mol. The molecule has 3 aromatic carbocycles. The number of aliphatic carboxylic acids is 1. The van der Waals surface area contributed by atoms with Gasteiger partial charge in [0.1, 0.15) is 5.75 Å². The zero-order valence-corrected chi connectivity index (χ0v) is 24.9. The van der Waals surface area contributed by atoms with E-state index in [1.54, 1.807) is 12.1 Å². The topological polar surface area (TPSA) is 80.6 Å². The smallest absolute Gasteiger partial charge is 0.341 e. The van der Waals surface area contributed by atoms with Gasteiger partial charge in [-0.25, -0.2) is 4.79 Å². The Labute approximate surface area is 241 Å². The molecule has 0 aliphatic heterocycles. The van der Waals surface area contributed by atoms with Crippen LogP contribution in [-0.4, -0.2) is 28.2 Å². The third-order valence-corrected chi connectivity index (χ3v) is 6.97. The van der Waals surface area contributed by atoms with E-state index >= 15 is 0 Å². The number of carbonyl (C=O) groups excluding carboxylic acids is 1. The third-order valence-electron chi connectivity index (χ3n) is 6.66. The van der Waals surface area contributed by atoms with Crippen LogP contribution in [-0.2, 0) is 17.9 Å². The second kappa shape index (κ2) is 14.0. The normalized spacial score (nSPS) is 10.8. The summed E-state index contributed by atoms with van der Waals surface area (Å²) in [6.45, 7) is 13.2. The lowest BCUT2D eigenvalue weighted by Crippen LogP contribution is -2.22. The Morgan fingerprint density at radius 2 is 1.73 bits per heavy atom. The van der Waals surface area contributed by atoms with E-state index in [4.69, 9.17) is 21.4 Å². The highest BCUT2D eigenvalue weighted by Crippen LogP contribution is 2.30. The number of carbonyl (C=O) groups is 2. The van der Waals surface area contributed by atoms with Gasteiger partial charge in [0.15, 0.2) is 6.61 Å². The first-order valence-corrected chi connectivity index (χ1v) is 14.0. The molecule has 6 nitrogen and oxygen atoms in total. The molecule has 4 rings (SSSR count). The second-order valence-corrected chi connectivity index (χ2v) is 10.7. The van der Waals surface area contributed by atoms with Crippen molar-refractivity contribution in [3.05, 3.63) is 99.2 Å². The minimum Gasteiger partial charge on any atom is -0.480 e. The maximum atomic E-state index is 13.0. The van der Waals surface area contributed by atoms with Crippen molar-refractivity contribution in [3.63, 3.8) is 0 Å². The Morgan fingerprint density at radius 3 is 2.40 bits per heavy atom. The first-order chi connectivity index (χ1) is 19.0. The number of ether oxygens (including phenoxy) is 1. The van der Waals surface area contributed by atoms with Crippen molar-refractivity contribution in [2.24, 2.45) is 0 Å². The van der Waals surface area contributed by atoms with Crippen molar-refractivity contribution >= 4 is 34.4 Å². The highest BCUT2D eigenvalue weighted by Gasteiger charge is 2.15. The predicted molar refractivity (Wildman–Crippen MR) is 163 cm³/mol. The standard InChI is InChI=1S/C30H31ClN2O4.C3H8/c1-18(2)23-7-5-6-21(12-23)15-32-30(36)24-9-11-27-25(14-24)19(3)20(4)33(27)16-22-8-10-26(31)28(13-22)37-17-29(34)35;1-3-2/h5-14,18H,15-17H2,1-4H3,(H,32,36)(H,34,35);3H2,1-2H3. The van der Waals surface area contributed by atoms with Crippen molar-refractivity contribution in [1.29, 1.82) is 0 Å². The number of carboxylic acids is 1. The maximum absolute atomic E-state index is 13.0. The molecule has 1 aromatic heterocycles. The van der Waals surface area contributed by atoms with Gasteiger partial charge in [-0.3, -0.25) is 4.79 Å². The molecule has 0 fully saturated rings. The van der Waals surface area contributed by atoms with Gasteiger partial charge in [-0.2, -0.15) is 0 Å². The summed E-state index contributed by atoms with van der Waals surface area (Å²) in [6.07, 6.45) is 1.25. The number of nitrogens with one attached hydrogen (secondary N) is 1. The molecule has 0 atom stereocenters. The molecule has 7 heteroatoms. The number of aromatic nitrogens is 1. The summed E-state index contributed by atoms with van der Waals surface area (Å²) in [7, 11) is 0. The zero-order chi connectivity index (χ0) is 29.4. The van der Waals surface area contributed by atoms with E-state index in [1.807, 2.05) is 36.4 Å². The van der Waals surface area contributed by atoms with E-state index in [2.05, 4.69) is 63.6 Å². The fourth-order valence-corrected chi connectivity index (χ4v) is 4.59. The maximum Gasteiger partial charge on any atom is 0.341 e. The Balaban J connectivity index is 0.00000141. The highest BCUT2D eigenvalue weighted by molar-refractivity contribution is 6.32. The molecule has 0 unspecified atom stereocenters. The first kappa shape index (κ1) is 30.8. The molecular weight excluding hydrogens is 524 g/mol. The zero-order valence-electron chi connectivity index (χ0n) is 24.2. The van der Waals surface area contributed by atoms with Gasteiger partial charge in [0, 0.05) is 35.2 Å². The second-order valence-electron chi connectivity index (χ2n) is 10.3.